The van der Waals surface area contributed by atoms with Gasteiger partial charge in [-0.3, -0.25) is 0 Å². The molecule has 0 heterocycles. The number of rotatable bonds is 2. The number of nitrogens with zero attached hydrogens (tertiary/aromatic N) is 1. The first kappa shape index (κ1) is 4.60. The highest BCUT2D eigenvalue weighted by molar-refractivity contribution is 6.65. The van der Waals surface area contributed by atoms with E-state index in [1.807, 2.05) is 6.11 Å². The summed E-state index contributed by atoms with van der Waals surface area (Å²) in [6.07, 6.45) is 2.03. The third kappa shape index (κ3) is 3.60. The lowest BCUT2D eigenvalue weighted by molar-refractivity contribution is 1.26. The van der Waals surface area contributed by atoms with Crippen molar-refractivity contribution in [3.63, 3.8) is 0 Å². The maximum Gasteiger partial charge on any atom is 0.360 e. The molecular formula is C2H6BN2. The lowest BCUT2D eigenvalue weighted by atomic mass is 10.00. The van der Waals surface area contributed by atoms with Gasteiger partial charge >= 0.3 is 7.41 Å². The van der Waals surface area contributed by atoms with Crippen LogP contribution in [0.3, 0.4) is 0 Å². The van der Waals surface area contributed by atoms with E-state index in [4.69, 9.17) is 5.41 Å². The molecule has 0 aliphatic carbocycles. The first-order valence-corrected chi connectivity index (χ1v) is 1.72. The van der Waals surface area contributed by atoms with Gasteiger partial charge in [-0.05, 0) is 7.05 Å². The van der Waals surface area contributed by atoms with Gasteiger partial charge < -0.3 is 5.23 Å². The maximum absolute atomic E-state index is 7.81. The van der Waals surface area contributed by atoms with Crippen LogP contribution in [0.25, 0.3) is 0 Å². The van der Waals surface area contributed by atoms with Gasteiger partial charge in [-0.25, -0.2) is 0 Å². The fourth-order valence-corrected chi connectivity index (χ4v) is 0.112. The van der Waals surface area contributed by atoms with Crippen molar-refractivity contribution in [3.05, 3.63) is 0 Å². The normalized spacial score (nSPS) is 6.60. The van der Waals surface area contributed by atoms with E-state index < -0.39 is 7.41 Å². The molecule has 0 saturated carbocycles. The van der Waals surface area contributed by atoms with E-state index in [-0.39, 0.29) is 0 Å². The molecule has 1 N–H and O–H groups in total. The molecule has 0 unspecified atom stereocenters. The van der Waals surface area contributed by atoms with E-state index in [1.165, 1.54) is 0 Å². The van der Waals surface area contributed by atoms with Crippen LogP contribution >= 0.6 is 0 Å². The molecule has 0 saturated heterocycles. The molecule has 0 aromatic carbocycles. The van der Waals surface area contributed by atoms with Crippen molar-refractivity contribution in [2.24, 2.45) is 0 Å². The quantitative estimate of drug-likeness (QED) is 0.227. The van der Waals surface area contributed by atoms with Crippen LogP contribution in [0.15, 0.2) is 0 Å². The summed E-state index contributed by atoms with van der Waals surface area (Å²) in [6.45, 7) is 0. The molecule has 0 fully saturated rings. The fourth-order valence-electron chi connectivity index (χ4n) is 0.112. The Kier molecular flexibility index (Phi) is 3.32. The zero-order valence-electron chi connectivity index (χ0n) is 3.45. The van der Waals surface area contributed by atoms with E-state index in [1.54, 1.807) is 7.05 Å². The van der Waals surface area contributed by atoms with E-state index in [2.05, 4.69) is 5.23 Å². The van der Waals surface area contributed by atoms with Crippen LogP contribution in [0.2, 0.25) is 0 Å². The highest BCUT2D eigenvalue weighted by atomic mass is 14.7. The average molecular weight is 68.9 g/mol. The van der Waals surface area contributed by atoms with E-state index >= 15 is 0 Å². The van der Waals surface area contributed by atoms with Crippen LogP contribution in [-0.4, -0.2) is 20.6 Å². The second-order valence-corrected chi connectivity index (χ2v) is 0.974. The Morgan fingerprint density at radius 2 is 2.60 bits per heavy atom. The lowest BCUT2D eigenvalue weighted by Gasteiger charge is -1.73. The molecule has 0 aliphatic heterocycles. The monoisotopic (exact) mass is 69.1 g/mol. The molecule has 0 amide bonds. The standard InChI is InChI=1S/C2H6BN2/c1-5-3-2-4/h5H,3H2,1H3. The molecule has 1 radical (unpaired) electrons. The smallest absolute Gasteiger partial charge is 0.360 e. The summed E-state index contributed by atoms with van der Waals surface area (Å²) < 4.78 is 0. The molecule has 0 bridgehead atoms. The maximum atomic E-state index is 7.81. The van der Waals surface area contributed by atoms with Gasteiger partial charge in [0.1, 0.15) is 6.11 Å². The largest absolute Gasteiger partial charge is 0.444 e. The van der Waals surface area contributed by atoms with Crippen molar-refractivity contribution in [2.45, 2.75) is 0 Å². The van der Waals surface area contributed by atoms with E-state index in [0.717, 1.165) is 0 Å². The minimum absolute atomic E-state index is 0.417. The van der Waals surface area contributed by atoms with Crippen molar-refractivity contribution < 1.29 is 0 Å². The molecule has 0 aliphatic rings. The highest BCUT2D eigenvalue weighted by Gasteiger charge is 1.74. The lowest BCUT2D eigenvalue weighted by Crippen LogP contribution is -2.13. The van der Waals surface area contributed by atoms with Gasteiger partial charge in [0, 0.05) is 0 Å². The van der Waals surface area contributed by atoms with Crippen LogP contribution in [0, 0.1) is 0 Å². The topological polar surface area (TPSA) is 34.3 Å². The Bertz CT molecular complexity index is 28.8. The summed E-state index contributed by atoms with van der Waals surface area (Å²) in [7, 11) is 1.38. The predicted octanol–water partition coefficient (Wildman–Crippen LogP) is -2.00. The molecule has 27 valence electrons. The molecule has 0 aromatic rings. The molecule has 0 spiro atoms. The zero-order chi connectivity index (χ0) is 4.12. The zero-order valence-corrected chi connectivity index (χ0v) is 3.45. The summed E-state index contributed by atoms with van der Waals surface area (Å²) in [5, 5.41) is 10.6. The van der Waals surface area contributed by atoms with Crippen LogP contribution in [-0.2, 0) is 0 Å². The SMILES string of the molecule is CN[BH2-][C+]=[N]. The van der Waals surface area contributed by atoms with Crippen molar-refractivity contribution in [1.29, 1.82) is 0 Å². The van der Waals surface area contributed by atoms with Gasteiger partial charge in [0.05, 0.1) is 5.41 Å². The molecule has 3 heteroatoms. The third-order valence-corrected chi connectivity index (χ3v) is 0.362. The van der Waals surface area contributed by atoms with Gasteiger partial charge in [0.15, 0.2) is 0 Å². The second-order valence-electron chi connectivity index (χ2n) is 0.974. The van der Waals surface area contributed by atoms with Gasteiger partial charge in [-0.15, -0.1) is 0 Å². The molecule has 0 aromatic heterocycles. The minimum Gasteiger partial charge on any atom is -0.444 e. The van der Waals surface area contributed by atoms with Crippen LogP contribution in [0.5, 0.6) is 0 Å². The Balaban J connectivity index is 2.40. The van der Waals surface area contributed by atoms with Crippen molar-refractivity contribution in [1.82, 2.24) is 10.6 Å². The first-order valence-electron chi connectivity index (χ1n) is 1.72. The van der Waals surface area contributed by atoms with E-state index in [0.29, 0.717) is 0 Å². The number of hydrogen-bond acceptors (Lipinski definition) is 1. The van der Waals surface area contributed by atoms with Crippen molar-refractivity contribution in [3.8, 4) is 0 Å². The number of hydrogen-bond donors (Lipinski definition) is 1. The highest BCUT2D eigenvalue weighted by Crippen LogP contribution is 1.24. The van der Waals surface area contributed by atoms with Crippen LogP contribution < -0.4 is 10.6 Å². The second kappa shape index (κ2) is 3.60. The third-order valence-electron chi connectivity index (χ3n) is 0.362. The minimum atomic E-state index is -0.417. The van der Waals surface area contributed by atoms with Gasteiger partial charge in [-0.2, -0.15) is 0 Å². The summed E-state index contributed by atoms with van der Waals surface area (Å²) >= 11 is 0. The summed E-state index contributed by atoms with van der Waals surface area (Å²) in [5.74, 6) is 0. The fraction of sp³-hybridized carbons (Fsp3) is 0.500. The summed E-state index contributed by atoms with van der Waals surface area (Å²) in [4.78, 5) is 0. The first-order chi connectivity index (χ1) is 2.41. The molecule has 5 heavy (non-hydrogen) atoms. The predicted molar refractivity (Wildman–Crippen MR) is 24.7 cm³/mol. The molecule has 0 atom stereocenters. The Morgan fingerprint density at radius 3 is 2.60 bits per heavy atom. The average Bonchev–Trinajstić information content (AvgIpc) is 1.41. The van der Waals surface area contributed by atoms with E-state index in [9.17, 15) is 0 Å². The Morgan fingerprint density at radius 1 is 2.00 bits per heavy atom. The molecular weight excluding hydrogens is 62.8 g/mol. The van der Waals surface area contributed by atoms with Crippen LogP contribution in [0.4, 0.5) is 0 Å². The van der Waals surface area contributed by atoms with Gasteiger partial charge in [0.25, 0.3) is 0 Å². The Labute approximate surface area is 32.3 Å². The van der Waals surface area contributed by atoms with Crippen LogP contribution in [0.1, 0.15) is 0 Å². The van der Waals surface area contributed by atoms with Crippen molar-refractivity contribution >= 4 is 13.5 Å². The van der Waals surface area contributed by atoms with Gasteiger partial charge in [-0.1, -0.05) is 0 Å². The molecule has 0 rings (SSSR count). The van der Waals surface area contributed by atoms with Crippen molar-refractivity contribution in [2.75, 3.05) is 7.05 Å². The Hall–Kier alpha value is -0.395. The summed E-state index contributed by atoms with van der Waals surface area (Å²) in [5.41, 5.74) is 0. The summed E-state index contributed by atoms with van der Waals surface area (Å²) in [6, 6.07) is 0. The number of nitrogens with one attached hydrogen (secondary N) is 1. The van der Waals surface area contributed by atoms with Gasteiger partial charge in [0.2, 0.25) is 0 Å². The molecule has 2 nitrogen and oxygen atoms in total.